The largest absolute Gasteiger partial charge is 0.466 e. The summed E-state index contributed by atoms with van der Waals surface area (Å²) in [6.07, 6.45) is 1.50. The summed E-state index contributed by atoms with van der Waals surface area (Å²) < 4.78 is 6.23. The first-order valence-corrected chi connectivity index (χ1v) is 7.83. The zero-order chi connectivity index (χ0) is 16.4. The van der Waals surface area contributed by atoms with Crippen molar-refractivity contribution in [3.8, 4) is 5.13 Å². The van der Waals surface area contributed by atoms with E-state index in [1.807, 2.05) is 0 Å². The second-order valence-corrected chi connectivity index (χ2v) is 5.64. The summed E-state index contributed by atoms with van der Waals surface area (Å²) in [5, 5.41) is 2.60. The molecule has 0 aliphatic rings. The molecule has 0 saturated carbocycles. The van der Waals surface area contributed by atoms with Crippen molar-refractivity contribution < 1.29 is 9.53 Å². The lowest BCUT2D eigenvalue weighted by atomic mass is 10.2. The summed E-state index contributed by atoms with van der Waals surface area (Å²) in [5.74, 6) is -0.346. The lowest BCUT2D eigenvalue weighted by molar-refractivity contribution is -0.142. The Balaban J connectivity index is 1.98. The predicted molar refractivity (Wildman–Crippen MR) is 87.8 cm³/mol. The van der Waals surface area contributed by atoms with Crippen molar-refractivity contribution in [2.45, 2.75) is 13.3 Å². The number of carbonyl (C=O) groups is 1. The van der Waals surface area contributed by atoms with E-state index in [0.29, 0.717) is 34.0 Å². The van der Waals surface area contributed by atoms with Gasteiger partial charge in [0, 0.05) is 11.1 Å². The fourth-order valence-electron chi connectivity index (χ4n) is 2.12. The zero-order valence-electron chi connectivity index (χ0n) is 12.4. The van der Waals surface area contributed by atoms with Crippen LogP contribution in [0.4, 0.5) is 5.69 Å². The average molecular weight is 330 g/mol. The molecule has 7 nitrogen and oxygen atoms in total. The van der Waals surface area contributed by atoms with Crippen molar-refractivity contribution in [3.05, 3.63) is 46.0 Å². The second-order valence-electron chi connectivity index (χ2n) is 4.80. The molecule has 0 bridgehead atoms. The molecule has 2 aromatic heterocycles. The summed E-state index contributed by atoms with van der Waals surface area (Å²) in [5.41, 5.74) is 7.11. The van der Waals surface area contributed by atoms with Crippen molar-refractivity contribution in [1.82, 2.24) is 14.5 Å². The predicted octanol–water partition coefficient (Wildman–Crippen LogP) is 1.53. The van der Waals surface area contributed by atoms with Crippen molar-refractivity contribution in [3.63, 3.8) is 0 Å². The third-order valence-electron chi connectivity index (χ3n) is 3.16. The number of anilines is 1. The monoisotopic (exact) mass is 330 g/mol. The van der Waals surface area contributed by atoms with Gasteiger partial charge in [0.2, 0.25) is 0 Å². The van der Waals surface area contributed by atoms with Crippen molar-refractivity contribution in [1.29, 1.82) is 0 Å². The van der Waals surface area contributed by atoms with Crippen LogP contribution in [-0.2, 0) is 16.0 Å². The number of fused-ring (bicyclic) bond motifs is 1. The number of nitrogens with zero attached hydrogens (tertiary/aromatic N) is 3. The normalized spacial score (nSPS) is 10.8. The number of esters is 1. The van der Waals surface area contributed by atoms with E-state index >= 15 is 0 Å². The minimum absolute atomic E-state index is 0.0764. The van der Waals surface area contributed by atoms with E-state index in [9.17, 15) is 9.59 Å². The SMILES string of the molecule is CCOC(=O)Cc1csc(-n2cnc3ccc(N)cc3c2=O)n1. The molecule has 0 aliphatic carbocycles. The van der Waals surface area contributed by atoms with E-state index in [1.165, 1.54) is 22.2 Å². The zero-order valence-corrected chi connectivity index (χ0v) is 13.2. The first-order valence-electron chi connectivity index (χ1n) is 6.95. The van der Waals surface area contributed by atoms with Crippen LogP contribution >= 0.6 is 11.3 Å². The van der Waals surface area contributed by atoms with E-state index in [1.54, 1.807) is 30.5 Å². The van der Waals surface area contributed by atoms with Gasteiger partial charge in [-0.1, -0.05) is 0 Å². The maximum atomic E-state index is 12.6. The number of aromatic nitrogens is 3. The fourth-order valence-corrected chi connectivity index (χ4v) is 2.92. The van der Waals surface area contributed by atoms with Gasteiger partial charge in [0.25, 0.3) is 5.56 Å². The molecule has 0 fully saturated rings. The van der Waals surface area contributed by atoms with Gasteiger partial charge in [0.1, 0.15) is 6.33 Å². The van der Waals surface area contributed by atoms with Gasteiger partial charge in [-0.25, -0.2) is 14.5 Å². The van der Waals surface area contributed by atoms with Crippen LogP contribution < -0.4 is 11.3 Å². The molecule has 3 aromatic rings. The minimum atomic E-state index is -0.346. The lowest BCUT2D eigenvalue weighted by Gasteiger charge is -2.03. The Morgan fingerprint density at radius 1 is 1.43 bits per heavy atom. The highest BCUT2D eigenvalue weighted by molar-refractivity contribution is 7.12. The number of thiazole rings is 1. The first-order chi connectivity index (χ1) is 11.1. The fraction of sp³-hybridized carbons (Fsp3) is 0.200. The molecular formula is C15H14N4O3S. The van der Waals surface area contributed by atoms with Crippen molar-refractivity contribution in [2.75, 3.05) is 12.3 Å². The van der Waals surface area contributed by atoms with E-state index in [2.05, 4.69) is 9.97 Å². The second kappa shape index (κ2) is 6.17. The van der Waals surface area contributed by atoms with Gasteiger partial charge in [-0.3, -0.25) is 9.59 Å². The maximum absolute atomic E-state index is 12.6. The average Bonchev–Trinajstić information content (AvgIpc) is 2.96. The summed E-state index contributed by atoms with van der Waals surface area (Å²) in [4.78, 5) is 32.6. The number of carbonyl (C=O) groups excluding carboxylic acids is 1. The van der Waals surface area contributed by atoms with Crippen molar-refractivity contribution in [2.24, 2.45) is 0 Å². The lowest BCUT2D eigenvalue weighted by Crippen LogP contribution is -2.19. The molecule has 118 valence electrons. The Bertz CT molecular complexity index is 932. The first kappa shape index (κ1) is 15.2. The van der Waals surface area contributed by atoms with Crippen LogP contribution in [0.15, 0.2) is 34.7 Å². The molecule has 2 N–H and O–H groups in total. The van der Waals surface area contributed by atoms with Gasteiger partial charge in [0.15, 0.2) is 5.13 Å². The Morgan fingerprint density at radius 2 is 2.26 bits per heavy atom. The number of hydrogen-bond donors (Lipinski definition) is 1. The van der Waals surface area contributed by atoms with Gasteiger partial charge >= 0.3 is 5.97 Å². The molecule has 23 heavy (non-hydrogen) atoms. The van der Waals surface area contributed by atoms with Crippen LogP contribution in [-0.4, -0.2) is 27.1 Å². The van der Waals surface area contributed by atoms with Crippen LogP contribution in [0, 0.1) is 0 Å². The minimum Gasteiger partial charge on any atom is -0.466 e. The summed E-state index contributed by atoms with van der Waals surface area (Å²) in [6, 6.07) is 4.98. The Labute approximate surface area is 135 Å². The van der Waals surface area contributed by atoms with Crippen LogP contribution in [0.2, 0.25) is 0 Å². The highest BCUT2D eigenvalue weighted by atomic mass is 32.1. The number of nitrogen functional groups attached to an aromatic ring is 1. The third-order valence-corrected chi connectivity index (χ3v) is 4.05. The van der Waals surface area contributed by atoms with Crippen LogP contribution in [0.1, 0.15) is 12.6 Å². The summed E-state index contributed by atoms with van der Waals surface area (Å²) >= 11 is 1.26. The molecule has 1 aromatic carbocycles. The third kappa shape index (κ3) is 3.07. The van der Waals surface area contributed by atoms with Crippen LogP contribution in [0.5, 0.6) is 0 Å². The molecule has 0 radical (unpaired) electrons. The molecule has 3 rings (SSSR count). The Kier molecular flexibility index (Phi) is 4.07. The van der Waals surface area contributed by atoms with Gasteiger partial charge in [-0.05, 0) is 25.1 Å². The number of rotatable bonds is 4. The summed E-state index contributed by atoms with van der Waals surface area (Å²) in [6.45, 7) is 2.07. The van der Waals surface area contributed by atoms with E-state index in [4.69, 9.17) is 10.5 Å². The van der Waals surface area contributed by atoms with Gasteiger partial charge in [-0.2, -0.15) is 0 Å². The smallest absolute Gasteiger partial charge is 0.311 e. The molecule has 0 atom stereocenters. The molecule has 8 heteroatoms. The summed E-state index contributed by atoms with van der Waals surface area (Å²) in [7, 11) is 0. The molecule has 0 saturated heterocycles. The maximum Gasteiger partial charge on any atom is 0.311 e. The molecule has 0 aliphatic heterocycles. The van der Waals surface area contributed by atoms with E-state index in [0.717, 1.165) is 0 Å². The van der Waals surface area contributed by atoms with Gasteiger partial charge < -0.3 is 10.5 Å². The molecular weight excluding hydrogens is 316 g/mol. The molecule has 0 amide bonds. The topological polar surface area (TPSA) is 100 Å². The number of benzene rings is 1. The Morgan fingerprint density at radius 3 is 3.04 bits per heavy atom. The molecule has 0 spiro atoms. The standard InChI is InChI=1S/C15H14N4O3S/c1-2-22-13(20)6-10-7-23-15(18-10)19-8-17-12-4-3-9(16)5-11(12)14(19)21/h3-5,7-8H,2,6,16H2,1H3. The van der Waals surface area contributed by atoms with Crippen LogP contribution in [0.3, 0.4) is 0 Å². The Hall–Kier alpha value is -2.74. The number of hydrogen-bond acceptors (Lipinski definition) is 7. The number of ether oxygens (including phenoxy) is 1. The molecule has 2 heterocycles. The number of nitrogens with two attached hydrogens (primary N) is 1. The highest BCUT2D eigenvalue weighted by Gasteiger charge is 2.12. The molecule has 0 unspecified atom stereocenters. The quantitative estimate of drug-likeness (QED) is 0.575. The van der Waals surface area contributed by atoms with E-state index < -0.39 is 0 Å². The highest BCUT2D eigenvalue weighted by Crippen LogP contribution is 2.16. The van der Waals surface area contributed by atoms with Crippen molar-refractivity contribution >= 4 is 33.9 Å². The van der Waals surface area contributed by atoms with Gasteiger partial charge in [-0.15, -0.1) is 11.3 Å². The van der Waals surface area contributed by atoms with E-state index in [-0.39, 0.29) is 17.9 Å². The van der Waals surface area contributed by atoms with Crippen LogP contribution in [0.25, 0.3) is 16.0 Å². The van der Waals surface area contributed by atoms with Gasteiger partial charge in [0.05, 0.1) is 29.6 Å².